The molecule has 12 heteroatoms. The first-order chi connectivity index (χ1) is 15.0. The minimum atomic E-state index is -3.68. The largest absolute Gasteiger partial charge is 0.497 e. The topological polar surface area (TPSA) is 136 Å². The molecule has 2 unspecified atom stereocenters. The number of rotatable bonds is 7. The number of ether oxygens (including phenoxy) is 2. The fourth-order valence-electron chi connectivity index (χ4n) is 3.78. The van der Waals surface area contributed by atoms with Crippen LogP contribution in [0.1, 0.15) is 26.2 Å². The van der Waals surface area contributed by atoms with Crippen LogP contribution in [0.25, 0.3) is 0 Å². The molecule has 1 N–H and O–H groups in total. The minimum absolute atomic E-state index is 0.0319. The van der Waals surface area contributed by atoms with E-state index in [0.717, 1.165) is 0 Å². The summed E-state index contributed by atoms with van der Waals surface area (Å²) in [6.45, 7) is 1.75. The molecule has 0 radical (unpaired) electrons. The highest BCUT2D eigenvalue weighted by molar-refractivity contribution is 7.91. The van der Waals surface area contributed by atoms with Crippen LogP contribution < -0.4 is 10.1 Å². The molecule has 2 aliphatic heterocycles. The Morgan fingerprint density at radius 3 is 2.28 bits per heavy atom. The molecule has 0 aliphatic carbocycles. The highest BCUT2D eigenvalue weighted by Gasteiger charge is 2.35. The van der Waals surface area contributed by atoms with Crippen LogP contribution >= 0.6 is 0 Å². The second-order valence-corrected chi connectivity index (χ2v) is 12.2. The van der Waals surface area contributed by atoms with Gasteiger partial charge in [-0.15, -0.1) is 0 Å². The minimum Gasteiger partial charge on any atom is -0.497 e. The molecule has 0 spiro atoms. The molecular weight excluding hydrogens is 460 g/mol. The quantitative estimate of drug-likeness (QED) is 0.543. The zero-order valence-electron chi connectivity index (χ0n) is 18.0. The van der Waals surface area contributed by atoms with Gasteiger partial charge in [-0.2, -0.15) is 4.31 Å². The number of amides is 1. The summed E-state index contributed by atoms with van der Waals surface area (Å²) in [4.78, 5) is 24.9. The molecular formula is C20H28N2O8S2. The summed E-state index contributed by atoms with van der Waals surface area (Å²) in [6, 6.07) is 5.63. The average molecular weight is 489 g/mol. The number of nitrogens with zero attached hydrogens (tertiary/aromatic N) is 1. The lowest BCUT2D eigenvalue weighted by Gasteiger charge is -2.30. The Hall–Kier alpha value is -2.18. The van der Waals surface area contributed by atoms with Gasteiger partial charge in [0.2, 0.25) is 10.0 Å². The third kappa shape index (κ3) is 5.78. The van der Waals surface area contributed by atoms with Gasteiger partial charge in [0.05, 0.1) is 29.4 Å². The summed E-state index contributed by atoms with van der Waals surface area (Å²) >= 11 is 0. The fraction of sp³-hybridized carbons (Fsp3) is 0.600. The van der Waals surface area contributed by atoms with Gasteiger partial charge in [-0.1, -0.05) is 0 Å². The average Bonchev–Trinajstić information content (AvgIpc) is 3.11. The zero-order valence-corrected chi connectivity index (χ0v) is 19.7. The van der Waals surface area contributed by atoms with E-state index in [2.05, 4.69) is 5.32 Å². The molecule has 10 nitrogen and oxygen atoms in total. The molecule has 2 aliphatic rings. The van der Waals surface area contributed by atoms with Crippen molar-refractivity contribution in [1.29, 1.82) is 0 Å². The first-order valence-electron chi connectivity index (χ1n) is 10.4. The number of hydrogen-bond donors (Lipinski definition) is 1. The van der Waals surface area contributed by atoms with E-state index in [1.54, 1.807) is 12.1 Å². The second kappa shape index (κ2) is 9.75. The number of piperidine rings is 1. The summed E-state index contributed by atoms with van der Waals surface area (Å²) in [5.41, 5.74) is 0. The molecule has 2 heterocycles. The van der Waals surface area contributed by atoms with Crippen LogP contribution in [0, 0.1) is 5.92 Å². The first kappa shape index (κ1) is 24.5. The van der Waals surface area contributed by atoms with Crippen LogP contribution in [-0.2, 0) is 34.2 Å². The Kier molecular flexibility index (Phi) is 7.46. The van der Waals surface area contributed by atoms with Crippen molar-refractivity contribution < 1.29 is 35.9 Å². The Labute approximate surface area is 188 Å². The van der Waals surface area contributed by atoms with Gasteiger partial charge in [-0.05, 0) is 50.5 Å². The number of nitrogens with one attached hydrogen (secondary N) is 1. The molecule has 0 aromatic heterocycles. The van der Waals surface area contributed by atoms with E-state index in [1.165, 1.54) is 30.5 Å². The number of hydrogen-bond acceptors (Lipinski definition) is 8. The Bertz CT molecular complexity index is 1050. The second-order valence-electron chi connectivity index (χ2n) is 8.04. The van der Waals surface area contributed by atoms with Crippen LogP contribution in [0.15, 0.2) is 29.2 Å². The Balaban J connectivity index is 1.49. The summed E-state index contributed by atoms with van der Waals surface area (Å²) in [5.74, 6) is -1.14. The van der Waals surface area contributed by atoms with Crippen molar-refractivity contribution in [3.8, 4) is 5.75 Å². The molecule has 178 valence electrons. The summed E-state index contributed by atoms with van der Waals surface area (Å²) < 4.78 is 60.3. The van der Waals surface area contributed by atoms with Crippen molar-refractivity contribution in [1.82, 2.24) is 9.62 Å². The number of carbonyl (C=O) groups is 2. The molecule has 1 aromatic rings. The lowest BCUT2D eigenvalue weighted by Crippen LogP contribution is -2.44. The van der Waals surface area contributed by atoms with Crippen molar-refractivity contribution in [3.05, 3.63) is 24.3 Å². The van der Waals surface area contributed by atoms with E-state index in [0.29, 0.717) is 12.2 Å². The van der Waals surface area contributed by atoms with E-state index in [9.17, 15) is 26.4 Å². The maximum atomic E-state index is 12.8. The molecule has 0 saturated carbocycles. The first-order valence-corrected chi connectivity index (χ1v) is 13.6. The zero-order chi connectivity index (χ0) is 23.5. The Morgan fingerprint density at radius 2 is 1.75 bits per heavy atom. The molecule has 2 fully saturated rings. The van der Waals surface area contributed by atoms with Gasteiger partial charge in [0.25, 0.3) is 5.91 Å². The predicted octanol–water partition coefficient (Wildman–Crippen LogP) is 0.331. The van der Waals surface area contributed by atoms with Crippen molar-refractivity contribution in [2.45, 2.75) is 43.2 Å². The predicted molar refractivity (Wildman–Crippen MR) is 115 cm³/mol. The van der Waals surface area contributed by atoms with Gasteiger partial charge in [-0.25, -0.2) is 16.8 Å². The number of carbonyl (C=O) groups excluding carboxylic acids is 2. The summed E-state index contributed by atoms with van der Waals surface area (Å²) in [5, 5.41) is 2.60. The van der Waals surface area contributed by atoms with Gasteiger partial charge >= 0.3 is 5.97 Å². The highest BCUT2D eigenvalue weighted by atomic mass is 32.2. The number of sulfonamides is 1. The van der Waals surface area contributed by atoms with Gasteiger partial charge in [0, 0.05) is 19.1 Å². The molecule has 32 heavy (non-hydrogen) atoms. The van der Waals surface area contributed by atoms with Crippen molar-refractivity contribution in [3.63, 3.8) is 0 Å². The van der Waals surface area contributed by atoms with E-state index in [1.807, 2.05) is 0 Å². The number of benzene rings is 1. The number of esters is 1. The van der Waals surface area contributed by atoms with Crippen LogP contribution in [0.2, 0.25) is 0 Å². The normalized spacial score (nSPS) is 22.8. The lowest BCUT2D eigenvalue weighted by molar-refractivity contribution is -0.160. The molecule has 0 bridgehead atoms. The highest BCUT2D eigenvalue weighted by Crippen LogP contribution is 2.26. The monoisotopic (exact) mass is 488 g/mol. The maximum Gasteiger partial charge on any atom is 0.309 e. The van der Waals surface area contributed by atoms with Crippen LogP contribution in [0.4, 0.5) is 0 Å². The van der Waals surface area contributed by atoms with E-state index in [-0.39, 0.29) is 42.3 Å². The van der Waals surface area contributed by atoms with E-state index in [4.69, 9.17) is 9.47 Å². The molecule has 2 atom stereocenters. The third-order valence-electron chi connectivity index (χ3n) is 5.73. The van der Waals surface area contributed by atoms with Gasteiger partial charge in [0.15, 0.2) is 15.9 Å². The Morgan fingerprint density at radius 1 is 1.12 bits per heavy atom. The van der Waals surface area contributed by atoms with Gasteiger partial charge < -0.3 is 14.8 Å². The molecule has 2 saturated heterocycles. The number of sulfone groups is 1. The third-order valence-corrected chi connectivity index (χ3v) is 9.41. The maximum absolute atomic E-state index is 12.8. The molecule has 1 aromatic carbocycles. The standard InChI is InChI=1S/C20H28N2O8S2/c1-14(19(23)21-16-9-12-31(25,26)13-16)30-20(24)15-7-10-22(11-8-15)32(27,28)18-5-3-17(29-2)4-6-18/h3-6,14-16H,7-13H2,1-2H3,(H,21,23). The van der Waals surface area contributed by atoms with Crippen molar-refractivity contribution >= 4 is 31.7 Å². The van der Waals surface area contributed by atoms with Crippen molar-refractivity contribution in [2.24, 2.45) is 5.92 Å². The SMILES string of the molecule is COc1ccc(S(=O)(=O)N2CCC(C(=O)OC(C)C(=O)NC3CCS(=O)(=O)C3)CC2)cc1. The van der Waals surface area contributed by atoms with E-state index >= 15 is 0 Å². The van der Waals surface area contributed by atoms with Gasteiger partial charge in [0.1, 0.15) is 5.75 Å². The molecule has 3 rings (SSSR count). The van der Waals surface area contributed by atoms with Crippen LogP contribution in [0.5, 0.6) is 5.75 Å². The van der Waals surface area contributed by atoms with Crippen LogP contribution in [-0.4, -0.2) is 76.9 Å². The fourth-order valence-corrected chi connectivity index (χ4v) is 6.92. The van der Waals surface area contributed by atoms with Gasteiger partial charge in [-0.3, -0.25) is 9.59 Å². The molecule has 1 amide bonds. The van der Waals surface area contributed by atoms with E-state index < -0.39 is 49.8 Å². The summed E-state index contributed by atoms with van der Waals surface area (Å²) in [6.07, 6.45) is -0.158. The smallest absolute Gasteiger partial charge is 0.309 e. The number of methoxy groups -OCH3 is 1. The summed E-state index contributed by atoms with van der Waals surface area (Å²) in [7, 11) is -5.32. The van der Waals surface area contributed by atoms with Crippen LogP contribution in [0.3, 0.4) is 0 Å². The lowest BCUT2D eigenvalue weighted by atomic mass is 9.98. The van der Waals surface area contributed by atoms with Crippen molar-refractivity contribution in [2.75, 3.05) is 31.7 Å².